The van der Waals surface area contributed by atoms with E-state index in [0.29, 0.717) is 18.7 Å². The molecule has 1 aromatic heterocycles. The average Bonchev–Trinajstić information content (AvgIpc) is 2.93. The summed E-state index contributed by atoms with van der Waals surface area (Å²) in [6.45, 7) is 1.03. The van der Waals surface area contributed by atoms with Gasteiger partial charge in [-0.2, -0.15) is 0 Å². The molecule has 0 aliphatic rings. The van der Waals surface area contributed by atoms with Crippen molar-refractivity contribution in [2.75, 3.05) is 20.3 Å². The molecule has 0 aliphatic heterocycles. The van der Waals surface area contributed by atoms with Gasteiger partial charge >= 0.3 is 0 Å². The molecule has 2 rings (SSSR count). The highest BCUT2D eigenvalue weighted by Crippen LogP contribution is 2.10. The number of carbonyl (C=O) groups excluding carboxylic acids is 1. The number of carbonyl (C=O) groups is 1. The SMILES string of the molecule is COCCNC(=O)c1cccc(-n2cccc2)c1. The van der Waals surface area contributed by atoms with E-state index in [4.69, 9.17) is 4.74 Å². The number of benzene rings is 1. The molecule has 2 aromatic rings. The molecule has 0 saturated heterocycles. The van der Waals surface area contributed by atoms with Crippen molar-refractivity contribution >= 4 is 5.91 Å². The third-order valence-electron chi connectivity index (χ3n) is 2.60. The van der Waals surface area contributed by atoms with Gasteiger partial charge in [-0.3, -0.25) is 4.79 Å². The fraction of sp³-hybridized carbons (Fsp3) is 0.214. The Balaban J connectivity index is 2.10. The molecule has 0 saturated carbocycles. The highest BCUT2D eigenvalue weighted by molar-refractivity contribution is 5.94. The molecule has 0 spiro atoms. The first-order valence-corrected chi connectivity index (χ1v) is 5.82. The second kappa shape index (κ2) is 6.02. The first kappa shape index (κ1) is 12.4. The van der Waals surface area contributed by atoms with E-state index in [1.165, 1.54) is 0 Å². The Kier molecular flexibility index (Phi) is 4.15. The van der Waals surface area contributed by atoms with Crippen molar-refractivity contribution in [1.82, 2.24) is 9.88 Å². The molecule has 0 aliphatic carbocycles. The molecule has 94 valence electrons. The van der Waals surface area contributed by atoms with Gasteiger partial charge in [-0.1, -0.05) is 6.07 Å². The smallest absolute Gasteiger partial charge is 0.251 e. The largest absolute Gasteiger partial charge is 0.383 e. The van der Waals surface area contributed by atoms with Crippen LogP contribution >= 0.6 is 0 Å². The maximum atomic E-state index is 11.9. The third kappa shape index (κ3) is 2.99. The number of ether oxygens (including phenoxy) is 1. The summed E-state index contributed by atoms with van der Waals surface area (Å²) >= 11 is 0. The highest BCUT2D eigenvalue weighted by atomic mass is 16.5. The quantitative estimate of drug-likeness (QED) is 0.816. The molecule has 1 aromatic carbocycles. The first-order valence-electron chi connectivity index (χ1n) is 5.82. The summed E-state index contributed by atoms with van der Waals surface area (Å²) in [4.78, 5) is 11.9. The lowest BCUT2D eigenvalue weighted by atomic mass is 10.2. The lowest BCUT2D eigenvalue weighted by Gasteiger charge is -2.07. The summed E-state index contributed by atoms with van der Waals surface area (Å²) in [6, 6.07) is 11.4. The van der Waals surface area contributed by atoms with Crippen molar-refractivity contribution in [3.8, 4) is 5.69 Å². The maximum Gasteiger partial charge on any atom is 0.251 e. The van der Waals surface area contributed by atoms with Gasteiger partial charge in [0.2, 0.25) is 0 Å². The van der Waals surface area contributed by atoms with E-state index in [-0.39, 0.29) is 5.91 Å². The Morgan fingerprint density at radius 1 is 1.28 bits per heavy atom. The van der Waals surface area contributed by atoms with Gasteiger partial charge in [0.15, 0.2) is 0 Å². The number of hydrogen-bond donors (Lipinski definition) is 1. The normalized spacial score (nSPS) is 10.3. The second-order valence-corrected chi connectivity index (χ2v) is 3.89. The molecule has 4 nitrogen and oxygen atoms in total. The number of aromatic nitrogens is 1. The lowest BCUT2D eigenvalue weighted by molar-refractivity contribution is 0.0937. The molecule has 1 amide bonds. The topological polar surface area (TPSA) is 43.3 Å². The van der Waals surface area contributed by atoms with E-state index >= 15 is 0 Å². The van der Waals surface area contributed by atoms with Crippen LogP contribution in [0.1, 0.15) is 10.4 Å². The van der Waals surface area contributed by atoms with Gasteiger partial charge in [0, 0.05) is 37.3 Å². The molecule has 0 fully saturated rings. The van der Waals surface area contributed by atoms with Gasteiger partial charge in [0.25, 0.3) is 5.91 Å². The Labute approximate surface area is 106 Å². The number of rotatable bonds is 5. The van der Waals surface area contributed by atoms with Crippen molar-refractivity contribution in [2.24, 2.45) is 0 Å². The molecule has 0 unspecified atom stereocenters. The summed E-state index contributed by atoms with van der Waals surface area (Å²) in [7, 11) is 1.61. The standard InChI is InChI=1S/C14H16N2O2/c1-18-10-7-15-14(17)12-5-4-6-13(11-12)16-8-2-3-9-16/h2-6,8-9,11H,7,10H2,1H3,(H,15,17). The van der Waals surface area contributed by atoms with Crippen molar-refractivity contribution in [3.05, 3.63) is 54.4 Å². The molecule has 0 radical (unpaired) electrons. The van der Waals surface area contributed by atoms with Gasteiger partial charge in [0.05, 0.1) is 6.61 Å². The van der Waals surface area contributed by atoms with Crippen LogP contribution in [0.4, 0.5) is 0 Å². The highest BCUT2D eigenvalue weighted by Gasteiger charge is 2.05. The van der Waals surface area contributed by atoms with Crippen LogP contribution in [0.2, 0.25) is 0 Å². The second-order valence-electron chi connectivity index (χ2n) is 3.89. The number of nitrogens with zero attached hydrogens (tertiary/aromatic N) is 1. The minimum absolute atomic E-state index is 0.0824. The van der Waals surface area contributed by atoms with Crippen LogP contribution in [0.5, 0.6) is 0 Å². The summed E-state index contributed by atoms with van der Waals surface area (Å²) in [5, 5.41) is 2.80. The summed E-state index contributed by atoms with van der Waals surface area (Å²) in [6.07, 6.45) is 3.89. The van der Waals surface area contributed by atoms with Gasteiger partial charge in [-0.25, -0.2) is 0 Å². The fourth-order valence-corrected chi connectivity index (χ4v) is 1.68. The number of methoxy groups -OCH3 is 1. The molecular weight excluding hydrogens is 228 g/mol. The Morgan fingerprint density at radius 3 is 2.78 bits per heavy atom. The van der Waals surface area contributed by atoms with E-state index in [1.807, 2.05) is 47.3 Å². The fourth-order valence-electron chi connectivity index (χ4n) is 1.68. The Bertz CT molecular complexity index is 506. The van der Waals surface area contributed by atoms with E-state index in [1.54, 1.807) is 13.2 Å². The van der Waals surface area contributed by atoms with Gasteiger partial charge in [-0.15, -0.1) is 0 Å². The van der Waals surface area contributed by atoms with Crippen molar-refractivity contribution in [2.45, 2.75) is 0 Å². The summed E-state index contributed by atoms with van der Waals surface area (Å²) in [5.41, 5.74) is 1.62. The molecule has 4 heteroatoms. The van der Waals surface area contributed by atoms with Crippen LogP contribution in [0.15, 0.2) is 48.8 Å². The minimum Gasteiger partial charge on any atom is -0.383 e. The van der Waals surface area contributed by atoms with E-state index < -0.39 is 0 Å². The number of hydrogen-bond acceptors (Lipinski definition) is 2. The summed E-state index contributed by atoms with van der Waals surface area (Å²) in [5.74, 6) is -0.0824. The first-order chi connectivity index (χ1) is 8.81. The van der Waals surface area contributed by atoms with Crippen molar-refractivity contribution < 1.29 is 9.53 Å². The molecule has 1 N–H and O–H groups in total. The molecule has 1 heterocycles. The van der Waals surface area contributed by atoms with Crippen molar-refractivity contribution in [1.29, 1.82) is 0 Å². The maximum absolute atomic E-state index is 11.9. The van der Waals surface area contributed by atoms with Crippen LogP contribution in [-0.4, -0.2) is 30.7 Å². The Hall–Kier alpha value is -2.07. The minimum atomic E-state index is -0.0824. The zero-order valence-electron chi connectivity index (χ0n) is 10.3. The van der Waals surface area contributed by atoms with Gasteiger partial charge < -0.3 is 14.6 Å². The number of amides is 1. The van der Waals surface area contributed by atoms with Crippen LogP contribution in [0.25, 0.3) is 5.69 Å². The van der Waals surface area contributed by atoms with Crippen LogP contribution in [-0.2, 0) is 4.74 Å². The van der Waals surface area contributed by atoms with E-state index in [0.717, 1.165) is 5.69 Å². The predicted molar refractivity (Wildman–Crippen MR) is 70.0 cm³/mol. The van der Waals surface area contributed by atoms with Gasteiger partial charge in [0.1, 0.15) is 0 Å². The van der Waals surface area contributed by atoms with Crippen LogP contribution in [0, 0.1) is 0 Å². The van der Waals surface area contributed by atoms with Crippen molar-refractivity contribution in [3.63, 3.8) is 0 Å². The summed E-state index contributed by atoms with van der Waals surface area (Å²) < 4.78 is 6.86. The van der Waals surface area contributed by atoms with Crippen LogP contribution in [0.3, 0.4) is 0 Å². The average molecular weight is 244 g/mol. The van der Waals surface area contributed by atoms with E-state index in [2.05, 4.69) is 5.32 Å². The molecule has 0 atom stereocenters. The lowest BCUT2D eigenvalue weighted by Crippen LogP contribution is -2.26. The third-order valence-corrected chi connectivity index (χ3v) is 2.60. The molecular formula is C14H16N2O2. The molecule has 0 bridgehead atoms. The predicted octanol–water partition coefficient (Wildman–Crippen LogP) is 1.85. The Morgan fingerprint density at radius 2 is 2.06 bits per heavy atom. The zero-order chi connectivity index (χ0) is 12.8. The monoisotopic (exact) mass is 244 g/mol. The van der Waals surface area contributed by atoms with Crippen LogP contribution < -0.4 is 5.32 Å². The number of nitrogens with one attached hydrogen (secondary N) is 1. The zero-order valence-corrected chi connectivity index (χ0v) is 10.3. The van der Waals surface area contributed by atoms with Gasteiger partial charge in [-0.05, 0) is 30.3 Å². The molecule has 18 heavy (non-hydrogen) atoms. The van der Waals surface area contributed by atoms with E-state index in [9.17, 15) is 4.79 Å².